The van der Waals surface area contributed by atoms with Gasteiger partial charge in [-0.1, -0.05) is 30.3 Å². The van der Waals surface area contributed by atoms with Gasteiger partial charge in [-0.2, -0.15) is 0 Å². The number of hydrogen-bond donors (Lipinski definition) is 1. The minimum Gasteiger partial charge on any atom is -0.496 e. The largest absolute Gasteiger partial charge is 0.496 e. The molecule has 0 unspecified atom stereocenters. The van der Waals surface area contributed by atoms with Crippen LogP contribution in [-0.4, -0.2) is 12.2 Å². The van der Waals surface area contributed by atoms with Gasteiger partial charge in [0.2, 0.25) is 0 Å². The fourth-order valence-electron chi connectivity index (χ4n) is 1.68. The second-order valence-corrected chi connectivity index (χ2v) is 3.13. The first-order chi connectivity index (χ1) is 6.86. The Labute approximate surface area is 82.8 Å². The molecule has 0 radical (unpaired) electrons. The van der Waals surface area contributed by atoms with E-state index >= 15 is 0 Å². The smallest absolute Gasteiger partial charge is 0.127 e. The predicted molar refractivity (Wildman–Crippen MR) is 56.4 cm³/mol. The molecule has 2 nitrogen and oxygen atoms in total. The molecule has 0 amide bonds. The molecular weight excluding hydrogens is 176 g/mol. The molecule has 0 aliphatic rings. The van der Waals surface area contributed by atoms with Gasteiger partial charge in [0, 0.05) is 5.39 Å². The van der Waals surface area contributed by atoms with Crippen LogP contribution in [0.1, 0.15) is 5.56 Å². The van der Waals surface area contributed by atoms with E-state index in [2.05, 4.69) is 0 Å². The van der Waals surface area contributed by atoms with E-state index in [0.29, 0.717) is 0 Å². The number of aliphatic hydroxyl groups excluding tert-OH is 1. The molecule has 0 bridgehead atoms. The van der Waals surface area contributed by atoms with Crippen molar-refractivity contribution in [2.75, 3.05) is 7.11 Å². The molecule has 0 fully saturated rings. The summed E-state index contributed by atoms with van der Waals surface area (Å²) in [5.41, 5.74) is 0.903. The monoisotopic (exact) mass is 188 g/mol. The standard InChI is InChI=1S/C12H12O2/c1-14-11-7-3-5-9-4-2-6-10(8-13)12(9)11/h2-7,13H,8H2,1H3. The van der Waals surface area contributed by atoms with E-state index < -0.39 is 0 Å². The Morgan fingerprint density at radius 2 is 1.86 bits per heavy atom. The molecule has 0 spiro atoms. The van der Waals surface area contributed by atoms with Crippen molar-refractivity contribution in [1.82, 2.24) is 0 Å². The van der Waals surface area contributed by atoms with Gasteiger partial charge in [0.25, 0.3) is 0 Å². The number of rotatable bonds is 2. The van der Waals surface area contributed by atoms with Crippen LogP contribution < -0.4 is 4.74 Å². The second-order valence-electron chi connectivity index (χ2n) is 3.13. The lowest BCUT2D eigenvalue weighted by Crippen LogP contribution is -1.90. The molecule has 0 aromatic heterocycles. The molecule has 0 saturated carbocycles. The fraction of sp³-hybridized carbons (Fsp3) is 0.167. The van der Waals surface area contributed by atoms with E-state index in [4.69, 9.17) is 4.74 Å². The summed E-state index contributed by atoms with van der Waals surface area (Å²) < 4.78 is 5.26. The summed E-state index contributed by atoms with van der Waals surface area (Å²) in [6, 6.07) is 11.7. The van der Waals surface area contributed by atoms with E-state index in [0.717, 1.165) is 22.1 Å². The highest BCUT2D eigenvalue weighted by molar-refractivity contribution is 5.91. The number of fused-ring (bicyclic) bond motifs is 1. The first-order valence-corrected chi connectivity index (χ1v) is 4.52. The van der Waals surface area contributed by atoms with Crippen LogP contribution in [0.4, 0.5) is 0 Å². The maximum absolute atomic E-state index is 9.20. The molecule has 2 heteroatoms. The van der Waals surface area contributed by atoms with E-state index in [9.17, 15) is 5.11 Å². The molecule has 2 rings (SSSR count). The van der Waals surface area contributed by atoms with Crippen molar-refractivity contribution in [2.24, 2.45) is 0 Å². The van der Waals surface area contributed by atoms with Gasteiger partial charge in [-0.05, 0) is 17.0 Å². The Hall–Kier alpha value is -1.54. The molecule has 2 aromatic carbocycles. The molecule has 0 atom stereocenters. The van der Waals surface area contributed by atoms with Gasteiger partial charge in [-0.15, -0.1) is 0 Å². The van der Waals surface area contributed by atoms with Crippen molar-refractivity contribution in [1.29, 1.82) is 0 Å². The SMILES string of the molecule is COc1cccc2cccc(CO)c12. The van der Waals surface area contributed by atoms with Crippen molar-refractivity contribution in [3.05, 3.63) is 42.0 Å². The highest BCUT2D eigenvalue weighted by Gasteiger charge is 2.04. The van der Waals surface area contributed by atoms with Crippen molar-refractivity contribution < 1.29 is 9.84 Å². The minimum absolute atomic E-state index is 0.0394. The molecule has 0 heterocycles. The van der Waals surface area contributed by atoms with Gasteiger partial charge in [0.15, 0.2) is 0 Å². The van der Waals surface area contributed by atoms with Crippen LogP contribution in [0.5, 0.6) is 5.75 Å². The fourth-order valence-corrected chi connectivity index (χ4v) is 1.68. The van der Waals surface area contributed by atoms with E-state index in [1.165, 1.54) is 0 Å². The Morgan fingerprint density at radius 1 is 1.14 bits per heavy atom. The van der Waals surface area contributed by atoms with Crippen LogP contribution in [0, 0.1) is 0 Å². The molecule has 1 N–H and O–H groups in total. The van der Waals surface area contributed by atoms with Gasteiger partial charge in [-0.3, -0.25) is 0 Å². The Morgan fingerprint density at radius 3 is 2.50 bits per heavy atom. The third kappa shape index (κ3) is 1.34. The third-order valence-electron chi connectivity index (χ3n) is 2.34. The molecular formula is C12H12O2. The highest BCUT2D eigenvalue weighted by Crippen LogP contribution is 2.28. The zero-order valence-corrected chi connectivity index (χ0v) is 8.03. The lowest BCUT2D eigenvalue weighted by molar-refractivity contribution is 0.283. The molecule has 72 valence electrons. The van der Waals surface area contributed by atoms with E-state index in [1.54, 1.807) is 7.11 Å². The second kappa shape index (κ2) is 3.68. The van der Waals surface area contributed by atoms with Crippen molar-refractivity contribution in [3.63, 3.8) is 0 Å². The van der Waals surface area contributed by atoms with Crippen molar-refractivity contribution >= 4 is 10.8 Å². The van der Waals surface area contributed by atoms with Gasteiger partial charge >= 0.3 is 0 Å². The Balaban J connectivity index is 2.81. The third-order valence-corrected chi connectivity index (χ3v) is 2.34. The normalized spacial score (nSPS) is 10.4. The average molecular weight is 188 g/mol. The van der Waals surface area contributed by atoms with Crippen molar-refractivity contribution in [3.8, 4) is 5.75 Å². The summed E-state index contributed by atoms with van der Waals surface area (Å²) in [4.78, 5) is 0. The number of hydrogen-bond acceptors (Lipinski definition) is 2. The van der Waals surface area contributed by atoms with Crippen LogP contribution in [0.3, 0.4) is 0 Å². The van der Waals surface area contributed by atoms with E-state index in [1.807, 2.05) is 36.4 Å². The van der Waals surface area contributed by atoms with Crippen LogP contribution >= 0.6 is 0 Å². The Bertz CT molecular complexity index is 410. The van der Waals surface area contributed by atoms with Crippen LogP contribution in [0.25, 0.3) is 10.8 Å². The van der Waals surface area contributed by atoms with Crippen LogP contribution in [0.2, 0.25) is 0 Å². The zero-order chi connectivity index (χ0) is 9.97. The Kier molecular flexibility index (Phi) is 2.37. The van der Waals surface area contributed by atoms with E-state index in [-0.39, 0.29) is 6.61 Å². The lowest BCUT2D eigenvalue weighted by Gasteiger charge is -2.08. The summed E-state index contributed by atoms with van der Waals surface area (Å²) in [6.07, 6.45) is 0. The lowest BCUT2D eigenvalue weighted by atomic mass is 10.0. The van der Waals surface area contributed by atoms with Gasteiger partial charge in [-0.25, -0.2) is 0 Å². The molecule has 0 saturated heterocycles. The average Bonchev–Trinajstić information content (AvgIpc) is 2.27. The zero-order valence-electron chi connectivity index (χ0n) is 8.03. The van der Waals surface area contributed by atoms with Gasteiger partial charge in [0.05, 0.1) is 13.7 Å². The topological polar surface area (TPSA) is 29.5 Å². The summed E-state index contributed by atoms with van der Waals surface area (Å²) in [5, 5.41) is 11.3. The van der Waals surface area contributed by atoms with Gasteiger partial charge in [0.1, 0.15) is 5.75 Å². The summed E-state index contributed by atoms with van der Waals surface area (Å²) in [5.74, 6) is 0.812. The minimum atomic E-state index is 0.0394. The number of methoxy groups -OCH3 is 1. The number of ether oxygens (including phenoxy) is 1. The first-order valence-electron chi connectivity index (χ1n) is 4.52. The van der Waals surface area contributed by atoms with Crippen molar-refractivity contribution in [2.45, 2.75) is 6.61 Å². The number of aliphatic hydroxyl groups is 1. The maximum Gasteiger partial charge on any atom is 0.127 e. The summed E-state index contributed by atoms with van der Waals surface area (Å²) >= 11 is 0. The molecule has 2 aromatic rings. The predicted octanol–water partition coefficient (Wildman–Crippen LogP) is 2.34. The first kappa shape index (κ1) is 9.03. The molecule has 14 heavy (non-hydrogen) atoms. The maximum atomic E-state index is 9.20. The molecule has 0 aliphatic carbocycles. The number of benzene rings is 2. The summed E-state index contributed by atoms with van der Waals surface area (Å²) in [7, 11) is 1.64. The highest BCUT2D eigenvalue weighted by atomic mass is 16.5. The van der Waals surface area contributed by atoms with Crippen LogP contribution in [0.15, 0.2) is 36.4 Å². The van der Waals surface area contributed by atoms with Crippen LogP contribution in [-0.2, 0) is 6.61 Å². The quantitative estimate of drug-likeness (QED) is 0.783. The van der Waals surface area contributed by atoms with Gasteiger partial charge < -0.3 is 9.84 Å². The summed E-state index contributed by atoms with van der Waals surface area (Å²) in [6.45, 7) is 0.0394. The molecule has 0 aliphatic heterocycles.